The van der Waals surface area contributed by atoms with Crippen LogP contribution in [-0.4, -0.2) is 54.1 Å². The first kappa shape index (κ1) is 27.3. The van der Waals surface area contributed by atoms with Gasteiger partial charge in [-0.25, -0.2) is 0 Å². The molecule has 1 saturated heterocycles. The van der Waals surface area contributed by atoms with Crippen LogP contribution in [0.4, 0.5) is 11.4 Å². The number of nitrogens with one attached hydrogen (secondary N) is 2. The van der Waals surface area contributed by atoms with Crippen LogP contribution in [0.3, 0.4) is 0 Å². The summed E-state index contributed by atoms with van der Waals surface area (Å²) in [6.45, 7) is 8.13. The lowest BCUT2D eigenvalue weighted by molar-refractivity contribution is -0.134. The zero-order valence-electron chi connectivity index (χ0n) is 19.6. The Morgan fingerprint density at radius 3 is 2.26 bits per heavy atom. The summed E-state index contributed by atoms with van der Waals surface area (Å²) < 4.78 is 5.61. The summed E-state index contributed by atoms with van der Waals surface area (Å²) in [4.78, 5) is 28.7. The van der Waals surface area contributed by atoms with Crippen LogP contribution in [-0.2, 0) is 9.59 Å². The third-order valence-electron chi connectivity index (χ3n) is 5.44. The van der Waals surface area contributed by atoms with Gasteiger partial charge in [0.05, 0.1) is 15.7 Å². The number of carbonyl (C=O) groups is 2. The van der Waals surface area contributed by atoms with E-state index in [0.717, 1.165) is 5.69 Å². The highest BCUT2D eigenvalue weighted by atomic mass is 35.5. The lowest BCUT2D eigenvalue weighted by Crippen LogP contribution is -2.50. The molecule has 2 aromatic rings. The lowest BCUT2D eigenvalue weighted by Gasteiger charge is -2.37. The Hall–Kier alpha value is -2.26. The zero-order valence-corrected chi connectivity index (χ0v) is 22.7. The minimum Gasteiger partial charge on any atom is -0.479 e. The SMILES string of the molecule is CC(C)C(=O)N1CCN(c2ccc(NC(=S)NC(=O)[C@@H](C)Oc3ccc(Cl)cc3Cl)cc2Cl)CC1. The molecule has 0 bridgehead atoms. The quantitative estimate of drug-likeness (QED) is 0.474. The van der Waals surface area contributed by atoms with Crippen molar-refractivity contribution in [2.45, 2.75) is 26.9 Å². The van der Waals surface area contributed by atoms with Gasteiger partial charge in [0.15, 0.2) is 11.2 Å². The number of amides is 2. The molecular weight excluding hydrogens is 531 g/mol. The van der Waals surface area contributed by atoms with Crippen molar-refractivity contribution in [1.82, 2.24) is 10.2 Å². The number of hydrogen-bond donors (Lipinski definition) is 2. The normalized spacial score (nSPS) is 14.5. The maximum atomic E-state index is 12.5. The molecule has 1 fully saturated rings. The summed E-state index contributed by atoms with van der Waals surface area (Å²) in [6.07, 6.45) is -0.847. The Kier molecular flexibility index (Phi) is 9.47. The number of hydrogen-bond acceptors (Lipinski definition) is 5. The van der Waals surface area contributed by atoms with E-state index in [1.807, 2.05) is 30.9 Å². The topological polar surface area (TPSA) is 73.9 Å². The number of ether oxygens (including phenoxy) is 1. The predicted molar refractivity (Wildman–Crippen MR) is 146 cm³/mol. The molecule has 0 spiro atoms. The van der Waals surface area contributed by atoms with Crippen molar-refractivity contribution in [3.8, 4) is 5.75 Å². The fourth-order valence-electron chi connectivity index (χ4n) is 3.56. The summed E-state index contributed by atoms with van der Waals surface area (Å²) in [6, 6.07) is 10.2. The molecule has 3 rings (SSSR count). The van der Waals surface area contributed by atoms with Crippen molar-refractivity contribution in [2.24, 2.45) is 5.92 Å². The lowest BCUT2D eigenvalue weighted by atomic mass is 10.1. The van der Waals surface area contributed by atoms with Gasteiger partial charge in [0.25, 0.3) is 5.91 Å². The number of piperazine rings is 1. The highest BCUT2D eigenvalue weighted by Crippen LogP contribution is 2.30. The molecule has 0 radical (unpaired) electrons. The molecule has 11 heteroatoms. The van der Waals surface area contributed by atoms with Crippen LogP contribution in [0.1, 0.15) is 20.8 Å². The summed E-state index contributed by atoms with van der Waals surface area (Å²) in [5, 5.41) is 6.99. The van der Waals surface area contributed by atoms with Gasteiger partial charge in [-0.3, -0.25) is 14.9 Å². The fourth-order valence-corrected chi connectivity index (χ4v) is 4.54. The first-order valence-electron chi connectivity index (χ1n) is 11.1. The van der Waals surface area contributed by atoms with Gasteiger partial charge in [0, 0.05) is 42.8 Å². The van der Waals surface area contributed by atoms with E-state index in [4.69, 9.17) is 51.8 Å². The maximum absolute atomic E-state index is 12.5. The Bertz CT molecular complexity index is 1110. The minimum absolute atomic E-state index is 0.00962. The van der Waals surface area contributed by atoms with E-state index in [9.17, 15) is 9.59 Å². The predicted octanol–water partition coefficient (Wildman–Crippen LogP) is 5.23. The van der Waals surface area contributed by atoms with Crippen molar-refractivity contribution in [3.05, 3.63) is 51.5 Å². The van der Waals surface area contributed by atoms with Gasteiger partial charge in [0.2, 0.25) is 5.91 Å². The fraction of sp³-hybridized carbons (Fsp3) is 0.375. The van der Waals surface area contributed by atoms with Crippen LogP contribution in [0.2, 0.25) is 15.1 Å². The third kappa shape index (κ3) is 7.36. The van der Waals surface area contributed by atoms with Crippen LogP contribution >= 0.6 is 47.0 Å². The van der Waals surface area contributed by atoms with Crippen LogP contribution in [0.25, 0.3) is 0 Å². The minimum atomic E-state index is -0.847. The molecule has 35 heavy (non-hydrogen) atoms. The van der Waals surface area contributed by atoms with E-state index in [1.54, 1.807) is 25.1 Å². The van der Waals surface area contributed by atoms with E-state index in [0.29, 0.717) is 52.7 Å². The monoisotopic (exact) mass is 556 g/mol. The number of thiocarbonyl (C=S) groups is 1. The van der Waals surface area contributed by atoms with Gasteiger partial charge in [-0.05, 0) is 55.5 Å². The Morgan fingerprint density at radius 1 is 0.971 bits per heavy atom. The number of benzene rings is 2. The molecule has 1 heterocycles. The van der Waals surface area contributed by atoms with Gasteiger partial charge in [-0.2, -0.15) is 0 Å². The molecule has 0 saturated carbocycles. The van der Waals surface area contributed by atoms with E-state index in [-0.39, 0.29) is 16.9 Å². The van der Waals surface area contributed by atoms with Crippen LogP contribution in [0.15, 0.2) is 36.4 Å². The highest BCUT2D eigenvalue weighted by molar-refractivity contribution is 7.80. The third-order valence-corrected chi connectivity index (χ3v) is 6.47. The molecule has 7 nitrogen and oxygen atoms in total. The van der Waals surface area contributed by atoms with E-state index >= 15 is 0 Å². The molecule has 1 atom stereocenters. The Morgan fingerprint density at radius 2 is 1.66 bits per heavy atom. The molecule has 0 unspecified atom stereocenters. The zero-order chi connectivity index (χ0) is 25.7. The van der Waals surface area contributed by atoms with Gasteiger partial charge in [0.1, 0.15) is 5.75 Å². The van der Waals surface area contributed by atoms with Crippen molar-refractivity contribution < 1.29 is 14.3 Å². The van der Waals surface area contributed by atoms with Gasteiger partial charge >= 0.3 is 0 Å². The summed E-state index contributed by atoms with van der Waals surface area (Å²) in [5.41, 5.74) is 1.51. The summed E-state index contributed by atoms with van der Waals surface area (Å²) in [5.74, 6) is 0.0610. The molecule has 0 aliphatic carbocycles. The first-order valence-corrected chi connectivity index (χ1v) is 12.7. The molecule has 0 aromatic heterocycles. The van der Waals surface area contributed by atoms with Gasteiger partial charge < -0.3 is 19.9 Å². The van der Waals surface area contributed by atoms with Crippen LogP contribution < -0.4 is 20.3 Å². The number of halogens is 3. The van der Waals surface area contributed by atoms with E-state index in [1.165, 1.54) is 6.07 Å². The number of rotatable bonds is 6. The Labute approximate surface area is 225 Å². The second-order valence-corrected chi connectivity index (χ2v) is 10.1. The van der Waals surface area contributed by atoms with Gasteiger partial charge in [-0.15, -0.1) is 0 Å². The average Bonchev–Trinajstić information content (AvgIpc) is 2.80. The smallest absolute Gasteiger partial charge is 0.266 e. The van der Waals surface area contributed by atoms with Crippen LogP contribution in [0, 0.1) is 5.92 Å². The molecular formula is C24H27Cl3N4O3S. The standard InChI is InChI=1S/C24H27Cl3N4O3S/c1-14(2)23(33)31-10-8-30(9-11-31)20-6-5-17(13-18(20)26)28-24(35)29-22(32)15(3)34-21-7-4-16(25)12-19(21)27/h4-7,12-15H,8-11H2,1-3H3,(H2,28,29,32,35)/t15-/m1/s1. The number of nitrogens with zero attached hydrogens (tertiary/aromatic N) is 2. The molecule has 2 N–H and O–H groups in total. The molecule has 2 aromatic carbocycles. The average molecular weight is 558 g/mol. The second kappa shape index (κ2) is 12.1. The number of anilines is 2. The maximum Gasteiger partial charge on any atom is 0.266 e. The summed E-state index contributed by atoms with van der Waals surface area (Å²) in [7, 11) is 0. The second-order valence-electron chi connectivity index (χ2n) is 8.41. The van der Waals surface area contributed by atoms with Crippen molar-refractivity contribution >= 4 is 75.3 Å². The Balaban J connectivity index is 1.53. The van der Waals surface area contributed by atoms with E-state index in [2.05, 4.69) is 15.5 Å². The van der Waals surface area contributed by atoms with Gasteiger partial charge in [-0.1, -0.05) is 48.7 Å². The molecule has 1 aliphatic heterocycles. The molecule has 1 aliphatic rings. The highest BCUT2D eigenvalue weighted by Gasteiger charge is 2.24. The largest absolute Gasteiger partial charge is 0.479 e. The van der Waals surface area contributed by atoms with Crippen molar-refractivity contribution in [1.29, 1.82) is 0 Å². The van der Waals surface area contributed by atoms with Crippen molar-refractivity contribution in [3.63, 3.8) is 0 Å². The first-order chi connectivity index (χ1) is 16.5. The van der Waals surface area contributed by atoms with E-state index < -0.39 is 12.0 Å². The van der Waals surface area contributed by atoms with Crippen LogP contribution in [0.5, 0.6) is 5.75 Å². The molecule has 2 amide bonds. The molecule has 188 valence electrons. The van der Waals surface area contributed by atoms with Crippen molar-refractivity contribution in [2.75, 3.05) is 36.4 Å². The summed E-state index contributed by atoms with van der Waals surface area (Å²) >= 11 is 23.8. The number of carbonyl (C=O) groups excluding carboxylic acids is 2.